The van der Waals surface area contributed by atoms with E-state index in [0.29, 0.717) is 24.5 Å². The van der Waals surface area contributed by atoms with Crippen molar-refractivity contribution in [1.29, 1.82) is 0 Å². The summed E-state index contributed by atoms with van der Waals surface area (Å²) >= 11 is 0. The van der Waals surface area contributed by atoms with E-state index in [0.717, 1.165) is 5.69 Å². The molecule has 0 radical (unpaired) electrons. The van der Waals surface area contributed by atoms with Crippen molar-refractivity contribution >= 4 is 41.0 Å². The number of carbonyl (C=O) groups excluding carboxylic acids is 3. The van der Waals surface area contributed by atoms with Crippen LogP contribution in [0.3, 0.4) is 0 Å². The molecular weight excluding hydrogens is 354 g/mol. The number of rotatable bonds is 1. The number of carboxylic acid groups (broad SMARTS) is 1. The first-order valence-electron chi connectivity index (χ1n) is 8.64. The van der Waals surface area contributed by atoms with E-state index in [1.54, 1.807) is 19.2 Å². The Morgan fingerprint density at radius 3 is 2.63 bits per heavy atom. The summed E-state index contributed by atoms with van der Waals surface area (Å²) in [6.45, 7) is 1.14. The lowest BCUT2D eigenvalue weighted by Crippen LogP contribution is -2.62. The number of fused-ring (bicyclic) bond motifs is 3. The van der Waals surface area contributed by atoms with Crippen molar-refractivity contribution < 1.29 is 24.3 Å². The summed E-state index contributed by atoms with van der Waals surface area (Å²) in [5.41, 5.74) is 2.08. The minimum absolute atomic E-state index is 0.121. The number of nitrogens with one attached hydrogen (secondary N) is 1. The predicted molar refractivity (Wildman–Crippen MR) is 96.1 cm³/mol. The summed E-state index contributed by atoms with van der Waals surface area (Å²) in [5, 5.41) is 11.5. The van der Waals surface area contributed by atoms with Crippen LogP contribution >= 0.6 is 0 Å². The first kappa shape index (κ1) is 17.1. The van der Waals surface area contributed by atoms with E-state index in [1.807, 2.05) is 11.0 Å². The third-order valence-corrected chi connectivity index (χ3v) is 5.26. The molecule has 2 fully saturated rings. The molecule has 1 aromatic carbocycles. The fourth-order valence-corrected chi connectivity index (χ4v) is 3.80. The monoisotopic (exact) mass is 373 g/mol. The number of amides is 5. The molecule has 0 aromatic heterocycles. The van der Waals surface area contributed by atoms with E-state index in [1.165, 1.54) is 14.7 Å². The van der Waals surface area contributed by atoms with E-state index >= 15 is 0 Å². The number of benzene rings is 1. The number of urea groups is 1. The molecule has 3 heterocycles. The summed E-state index contributed by atoms with van der Waals surface area (Å²) in [6, 6.07) is 4.32. The molecule has 2 N–H and O–H groups in total. The zero-order chi connectivity index (χ0) is 19.3. The zero-order valence-corrected chi connectivity index (χ0v) is 14.7. The van der Waals surface area contributed by atoms with Crippen molar-refractivity contribution in [3.63, 3.8) is 0 Å². The smallest absolute Gasteiger partial charge is 0.407 e. The minimum Gasteiger partial charge on any atom is -0.465 e. The van der Waals surface area contributed by atoms with Crippen LogP contribution in [0, 0.1) is 0 Å². The third kappa shape index (κ3) is 2.73. The lowest BCUT2D eigenvalue weighted by atomic mass is 10.0. The summed E-state index contributed by atoms with van der Waals surface area (Å²) in [7, 11) is 1.64. The van der Waals surface area contributed by atoms with Gasteiger partial charge in [-0.05, 0) is 18.2 Å². The van der Waals surface area contributed by atoms with Crippen LogP contribution in [0.4, 0.5) is 26.7 Å². The van der Waals surface area contributed by atoms with Crippen LogP contribution in [0.5, 0.6) is 0 Å². The van der Waals surface area contributed by atoms with Crippen molar-refractivity contribution in [2.45, 2.75) is 12.5 Å². The Morgan fingerprint density at radius 2 is 1.93 bits per heavy atom. The second kappa shape index (κ2) is 6.15. The van der Waals surface area contributed by atoms with Gasteiger partial charge in [0.15, 0.2) is 0 Å². The van der Waals surface area contributed by atoms with Gasteiger partial charge in [0.2, 0.25) is 5.91 Å². The zero-order valence-electron chi connectivity index (χ0n) is 14.7. The molecule has 0 bridgehead atoms. The largest absolute Gasteiger partial charge is 0.465 e. The van der Waals surface area contributed by atoms with Gasteiger partial charge < -0.3 is 19.8 Å². The molecule has 10 heteroatoms. The second-order valence-electron chi connectivity index (χ2n) is 6.76. The highest BCUT2D eigenvalue weighted by atomic mass is 16.4. The highest BCUT2D eigenvalue weighted by molar-refractivity contribution is 6.08. The number of nitrogens with zero attached hydrogens (tertiary/aromatic N) is 4. The fourth-order valence-electron chi connectivity index (χ4n) is 3.80. The standard InChI is InChI=1S/C17H19N5O5/c1-19-12-8-10(21-5-4-14(23)18-16(21)25)2-3-11(12)22-7-6-20(17(26)27)9-13(22)15(19)24/h2-3,8,13H,4-7,9H2,1H3,(H,26,27)(H,18,23,25)/t13-/m1/s1. The van der Waals surface area contributed by atoms with E-state index in [4.69, 9.17) is 0 Å². The minimum atomic E-state index is -1.03. The van der Waals surface area contributed by atoms with E-state index in [2.05, 4.69) is 5.32 Å². The third-order valence-electron chi connectivity index (χ3n) is 5.26. The molecule has 0 unspecified atom stereocenters. The molecule has 1 aromatic rings. The van der Waals surface area contributed by atoms with Crippen LogP contribution in [0.1, 0.15) is 6.42 Å². The van der Waals surface area contributed by atoms with Crippen molar-refractivity contribution in [3.05, 3.63) is 18.2 Å². The SMILES string of the molecule is CN1C(=O)[C@H]2CN(C(=O)O)CCN2c2ccc(N3CCC(=O)NC3=O)cc21. The van der Waals surface area contributed by atoms with Gasteiger partial charge in [-0.1, -0.05) is 0 Å². The molecular formula is C17H19N5O5. The van der Waals surface area contributed by atoms with E-state index < -0.39 is 18.2 Å². The van der Waals surface area contributed by atoms with Gasteiger partial charge in [-0.25, -0.2) is 9.59 Å². The van der Waals surface area contributed by atoms with Crippen LogP contribution in [0.25, 0.3) is 0 Å². The number of carbonyl (C=O) groups is 4. The topological polar surface area (TPSA) is 114 Å². The Morgan fingerprint density at radius 1 is 1.15 bits per heavy atom. The molecule has 142 valence electrons. The highest BCUT2D eigenvalue weighted by Crippen LogP contribution is 2.39. The van der Waals surface area contributed by atoms with Gasteiger partial charge in [0, 0.05) is 38.8 Å². The fraction of sp³-hybridized carbons (Fsp3) is 0.412. The molecule has 2 saturated heterocycles. The first-order chi connectivity index (χ1) is 12.9. The average Bonchev–Trinajstić information content (AvgIpc) is 2.65. The summed E-state index contributed by atoms with van der Waals surface area (Å²) in [4.78, 5) is 53.6. The molecule has 3 aliphatic rings. The quantitative estimate of drug-likeness (QED) is 0.731. The number of piperazine rings is 1. The Labute approximate surface area is 154 Å². The molecule has 3 aliphatic heterocycles. The van der Waals surface area contributed by atoms with Crippen molar-refractivity contribution in [3.8, 4) is 0 Å². The number of hydrogen-bond donors (Lipinski definition) is 2. The molecule has 10 nitrogen and oxygen atoms in total. The van der Waals surface area contributed by atoms with E-state index in [9.17, 15) is 24.3 Å². The second-order valence-corrected chi connectivity index (χ2v) is 6.76. The van der Waals surface area contributed by atoms with Gasteiger partial charge >= 0.3 is 12.1 Å². The summed E-state index contributed by atoms with van der Waals surface area (Å²) < 4.78 is 0. The maximum Gasteiger partial charge on any atom is 0.407 e. The lowest BCUT2D eigenvalue weighted by molar-refractivity contribution is -0.121. The number of imide groups is 1. The molecule has 0 saturated carbocycles. The predicted octanol–water partition coefficient (Wildman–Crippen LogP) is 0.278. The Hall–Kier alpha value is -3.30. The average molecular weight is 373 g/mol. The Bertz CT molecular complexity index is 856. The van der Waals surface area contributed by atoms with Crippen LogP contribution < -0.4 is 20.0 Å². The lowest BCUT2D eigenvalue weighted by Gasteiger charge is -2.46. The number of anilines is 3. The van der Waals surface area contributed by atoms with Crippen LogP contribution in [-0.2, 0) is 9.59 Å². The summed E-state index contributed by atoms with van der Waals surface area (Å²) in [6.07, 6.45) is -0.812. The number of likely N-dealkylation sites (N-methyl/N-ethyl adjacent to an activating group) is 1. The molecule has 1 atom stereocenters. The van der Waals surface area contributed by atoms with Gasteiger partial charge in [0.1, 0.15) is 6.04 Å². The Balaban J connectivity index is 1.66. The normalized spacial score (nSPS) is 22.4. The van der Waals surface area contributed by atoms with E-state index in [-0.39, 0.29) is 31.3 Å². The molecule has 0 spiro atoms. The Kier molecular flexibility index (Phi) is 3.90. The highest BCUT2D eigenvalue weighted by Gasteiger charge is 2.41. The summed E-state index contributed by atoms with van der Waals surface area (Å²) in [5.74, 6) is -0.496. The van der Waals surface area contributed by atoms with Crippen molar-refractivity contribution in [2.24, 2.45) is 0 Å². The molecule has 0 aliphatic carbocycles. The van der Waals surface area contributed by atoms with Gasteiger partial charge in [-0.3, -0.25) is 19.8 Å². The van der Waals surface area contributed by atoms with Gasteiger partial charge in [-0.15, -0.1) is 0 Å². The van der Waals surface area contributed by atoms with Crippen LogP contribution in [-0.4, -0.2) is 73.2 Å². The first-order valence-corrected chi connectivity index (χ1v) is 8.64. The van der Waals surface area contributed by atoms with Crippen LogP contribution in [0.2, 0.25) is 0 Å². The van der Waals surface area contributed by atoms with Crippen LogP contribution in [0.15, 0.2) is 18.2 Å². The van der Waals surface area contributed by atoms with Gasteiger partial charge in [0.25, 0.3) is 5.91 Å². The van der Waals surface area contributed by atoms with Crippen molar-refractivity contribution in [2.75, 3.05) is 47.9 Å². The number of hydrogen-bond acceptors (Lipinski definition) is 5. The maximum absolute atomic E-state index is 12.8. The van der Waals surface area contributed by atoms with Gasteiger partial charge in [-0.2, -0.15) is 0 Å². The molecule has 4 rings (SSSR count). The van der Waals surface area contributed by atoms with Crippen molar-refractivity contribution in [1.82, 2.24) is 10.2 Å². The van der Waals surface area contributed by atoms with Gasteiger partial charge in [0.05, 0.1) is 17.9 Å². The molecule has 5 amide bonds. The maximum atomic E-state index is 12.8. The molecule has 27 heavy (non-hydrogen) atoms.